The van der Waals surface area contributed by atoms with E-state index in [1.807, 2.05) is 12.3 Å². The first-order chi connectivity index (χ1) is 9.30. The molecule has 4 heteroatoms. The van der Waals surface area contributed by atoms with Crippen molar-refractivity contribution >= 4 is 5.69 Å². The van der Waals surface area contributed by atoms with Crippen LogP contribution in [0.2, 0.25) is 0 Å². The molecule has 1 aromatic rings. The van der Waals surface area contributed by atoms with Crippen LogP contribution in [-0.4, -0.2) is 36.8 Å². The maximum atomic E-state index is 5.24. The predicted molar refractivity (Wildman–Crippen MR) is 76.8 cm³/mol. The Morgan fingerprint density at radius 1 is 1.37 bits per heavy atom. The second-order valence-electron chi connectivity index (χ2n) is 5.61. The zero-order chi connectivity index (χ0) is 13.2. The van der Waals surface area contributed by atoms with Gasteiger partial charge in [0.15, 0.2) is 0 Å². The van der Waals surface area contributed by atoms with Gasteiger partial charge in [-0.3, -0.25) is 0 Å². The molecule has 2 bridgehead atoms. The molecule has 1 N–H and O–H groups in total. The molecule has 1 aromatic heterocycles. The van der Waals surface area contributed by atoms with Crippen LogP contribution in [0.5, 0.6) is 5.88 Å². The Labute approximate surface area is 115 Å². The molecule has 0 aromatic carbocycles. The molecule has 2 fully saturated rings. The number of ether oxygens (including phenoxy) is 1. The van der Waals surface area contributed by atoms with E-state index in [0.717, 1.165) is 18.6 Å². The molecule has 4 nitrogen and oxygen atoms in total. The van der Waals surface area contributed by atoms with Gasteiger partial charge in [-0.1, -0.05) is 0 Å². The summed E-state index contributed by atoms with van der Waals surface area (Å²) >= 11 is 0. The van der Waals surface area contributed by atoms with E-state index in [1.165, 1.54) is 31.4 Å². The number of pyridine rings is 1. The highest BCUT2D eigenvalue weighted by molar-refractivity contribution is 5.49. The number of nitrogens with one attached hydrogen (secondary N) is 1. The molecule has 0 aliphatic carbocycles. The van der Waals surface area contributed by atoms with Gasteiger partial charge in [0.25, 0.3) is 0 Å². The summed E-state index contributed by atoms with van der Waals surface area (Å²) in [7, 11) is 1.67. The Morgan fingerprint density at radius 2 is 2.11 bits per heavy atom. The van der Waals surface area contributed by atoms with Crippen molar-refractivity contribution in [3.05, 3.63) is 18.3 Å². The van der Waals surface area contributed by atoms with Crippen molar-refractivity contribution in [3.8, 4) is 5.88 Å². The van der Waals surface area contributed by atoms with Crippen molar-refractivity contribution in [2.24, 2.45) is 0 Å². The van der Waals surface area contributed by atoms with E-state index in [4.69, 9.17) is 4.74 Å². The first kappa shape index (κ1) is 12.7. The van der Waals surface area contributed by atoms with Crippen LogP contribution in [0.15, 0.2) is 18.3 Å². The highest BCUT2D eigenvalue weighted by atomic mass is 16.5. The summed E-state index contributed by atoms with van der Waals surface area (Å²) in [6.45, 7) is 3.27. The van der Waals surface area contributed by atoms with Crippen molar-refractivity contribution in [1.82, 2.24) is 10.3 Å². The fraction of sp³-hybridized carbons (Fsp3) is 0.667. The summed E-state index contributed by atoms with van der Waals surface area (Å²) in [5, 5.41) is 3.71. The predicted octanol–water partition coefficient (Wildman–Crippen LogP) is 2.20. The number of piperidine rings is 1. The fourth-order valence-electron chi connectivity index (χ4n) is 3.62. The summed E-state index contributed by atoms with van der Waals surface area (Å²) in [6, 6.07) is 6.24. The van der Waals surface area contributed by atoms with Crippen molar-refractivity contribution in [1.29, 1.82) is 0 Å². The van der Waals surface area contributed by atoms with Crippen LogP contribution < -0.4 is 15.0 Å². The Balaban J connectivity index is 1.79. The molecule has 19 heavy (non-hydrogen) atoms. The molecule has 2 unspecified atom stereocenters. The largest absolute Gasteiger partial charge is 0.481 e. The standard InChI is InChI=1S/C15H23N3O/c1-3-18(13-6-7-16-15(10-13)19-2)14-8-11-4-5-12(9-14)17-11/h6-7,10-12,14,17H,3-5,8-9H2,1-2H3. The Bertz CT molecular complexity index is 425. The smallest absolute Gasteiger partial charge is 0.214 e. The van der Waals surface area contributed by atoms with E-state index in [0.29, 0.717) is 11.9 Å². The van der Waals surface area contributed by atoms with Crippen LogP contribution in [0.1, 0.15) is 32.6 Å². The molecule has 0 saturated carbocycles. The van der Waals surface area contributed by atoms with E-state index < -0.39 is 0 Å². The van der Waals surface area contributed by atoms with E-state index in [1.54, 1.807) is 7.11 Å². The number of aromatic nitrogens is 1. The van der Waals surface area contributed by atoms with Crippen molar-refractivity contribution in [2.75, 3.05) is 18.6 Å². The lowest BCUT2D eigenvalue weighted by Crippen LogP contribution is -2.48. The zero-order valence-electron chi connectivity index (χ0n) is 11.8. The average Bonchev–Trinajstić information content (AvgIpc) is 2.79. The molecule has 0 radical (unpaired) electrons. The van der Waals surface area contributed by atoms with Gasteiger partial charge in [-0.25, -0.2) is 4.98 Å². The molecular formula is C15H23N3O. The fourth-order valence-corrected chi connectivity index (χ4v) is 3.62. The molecule has 0 spiro atoms. The maximum absolute atomic E-state index is 5.24. The molecule has 3 heterocycles. The lowest BCUT2D eigenvalue weighted by atomic mass is 9.97. The molecular weight excluding hydrogens is 238 g/mol. The van der Waals surface area contributed by atoms with Gasteiger partial charge in [-0.15, -0.1) is 0 Å². The minimum atomic E-state index is 0.649. The van der Waals surface area contributed by atoms with Gasteiger partial charge in [0.05, 0.1) is 7.11 Å². The van der Waals surface area contributed by atoms with E-state index in [-0.39, 0.29) is 0 Å². The molecule has 2 aliphatic heterocycles. The van der Waals surface area contributed by atoms with Crippen LogP contribution in [-0.2, 0) is 0 Å². The lowest BCUT2D eigenvalue weighted by Gasteiger charge is -2.38. The van der Waals surface area contributed by atoms with Crippen molar-refractivity contribution in [2.45, 2.75) is 50.7 Å². The topological polar surface area (TPSA) is 37.4 Å². The molecule has 2 saturated heterocycles. The van der Waals surface area contributed by atoms with Crippen LogP contribution >= 0.6 is 0 Å². The van der Waals surface area contributed by atoms with E-state index in [9.17, 15) is 0 Å². The number of anilines is 1. The minimum absolute atomic E-state index is 0.649. The van der Waals surface area contributed by atoms with E-state index >= 15 is 0 Å². The third-order valence-corrected chi connectivity index (χ3v) is 4.49. The average molecular weight is 261 g/mol. The third-order valence-electron chi connectivity index (χ3n) is 4.49. The summed E-state index contributed by atoms with van der Waals surface area (Å²) in [4.78, 5) is 6.71. The molecule has 0 amide bonds. The summed E-state index contributed by atoms with van der Waals surface area (Å²) < 4.78 is 5.24. The monoisotopic (exact) mass is 261 g/mol. The molecule has 104 valence electrons. The molecule has 3 rings (SSSR count). The zero-order valence-corrected chi connectivity index (χ0v) is 11.8. The lowest BCUT2D eigenvalue weighted by molar-refractivity contribution is 0.348. The number of nitrogens with zero attached hydrogens (tertiary/aromatic N) is 2. The third kappa shape index (κ3) is 2.54. The number of hydrogen-bond acceptors (Lipinski definition) is 4. The first-order valence-electron chi connectivity index (χ1n) is 7.33. The molecule has 2 atom stereocenters. The number of methoxy groups -OCH3 is 1. The van der Waals surface area contributed by atoms with Gasteiger partial charge in [-0.05, 0) is 38.7 Å². The highest BCUT2D eigenvalue weighted by Gasteiger charge is 2.35. The SMILES string of the molecule is CCN(c1ccnc(OC)c1)C1CC2CCC(C1)N2. The van der Waals surface area contributed by atoms with Gasteiger partial charge >= 0.3 is 0 Å². The Morgan fingerprint density at radius 3 is 2.74 bits per heavy atom. The Kier molecular flexibility index (Phi) is 3.60. The van der Waals surface area contributed by atoms with Crippen molar-refractivity contribution in [3.63, 3.8) is 0 Å². The van der Waals surface area contributed by atoms with Crippen LogP contribution in [0, 0.1) is 0 Å². The quantitative estimate of drug-likeness (QED) is 0.901. The van der Waals surface area contributed by atoms with Gasteiger partial charge in [0.1, 0.15) is 0 Å². The van der Waals surface area contributed by atoms with Crippen LogP contribution in [0.25, 0.3) is 0 Å². The summed E-state index contributed by atoms with van der Waals surface area (Å²) in [5.41, 5.74) is 1.24. The normalized spacial score (nSPS) is 29.3. The second kappa shape index (κ2) is 5.37. The van der Waals surface area contributed by atoms with Gasteiger partial charge in [0.2, 0.25) is 5.88 Å². The Hall–Kier alpha value is -1.29. The van der Waals surface area contributed by atoms with Gasteiger partial charge < -0.3 is 15.0 Å². The van der Waals surface area contributed by atoms with Crippen LogP contribution in [0.3, 0.4) is 0 Å². The number of rotatable bonds is 4. The van der Waals surface area contributed by atoms with Crippen molar-refractivity contribution < 1.29 is 4.74 Å². The summed E-state index contributed by atoms with van der Waals surface area (Å²) in [6.07, 6.45) is 7.05. The number of hydrogen-bond donors (Lipinski definition) is 1. The van der Waals surface area contributed by atoms with Gasteiger partial charge in [-0.2, -0.15) is 0 Å². The maximum Gasteiger partial charge on any atom is 0.214 e. The van der Waals surface area contributed by atoms with Gasteiger partial charge in [0, 0.05) is 42.6 Å². The highest BCUT2D eigenvalue weighted by Crippen LogP contribution is 2.32. The minimum Gasteiger partial charge on any atom is -0.481 e. The first-order valence-corrected chi connectivity index (χ1v) is 7.33. The van der Waals surface area contributed by atoms with E-state index in [2.05, 4.69) is 28.2 Å². The molecule has 2 aliphatic rings. The second-order valence-corrected chi connectivity index (χ2v) is 5.61. The van der Waals surface area contributed by atoms with Crippen LogP contribution in [0.4, 0.5) is 5.69 Å². The summed E-state index contributed by atoms with van der Waals surface area (Å²) in [5.74, 6) is 0.702. The number of fused-ring (bicyclic) bond motifs is 2.